The lowest BCUT2D eigenvalue weighted by Gasteiger charge is -2.40. The van der Waals surface area contributed by atoms with E-state index >= 15 is 0 Å². The first-order valence-electron chi connectivity index (χ1n) is 11.6. The highest BCUT2D eigenvalue weighted by atomic mass is 16.5. The first-order chi connectivity index (χ1) is 15.7. The van der Waals surface area contributed by atoms with Crippen LogP contribution in [0.4, 0.5) is 5.69 Å². The fourth-order valence-electron chi connectivity index (χ4n) is 4.95. The van der Waals surface area contributed by atoms with Crippen molar-refractivity contribution in [1.29, 1.82) is 0 Å². The Morgan fingerprint density at radius 1 is 1.00 bits per heavy atom. The number of benzene rings is 2. The zero-order valence-electron chi connectivity index (χ0n) is 18.3. The van der Waals surface area contributed by atoms with E-state index in [0.717, 1.165) is 55.6 Å². The molecule has 5 rings (SSSR count). The second kappa shape index (κ2) is 9.17. The lowest BCUT2D eigenvalue weighted by atomic mass is 9.86. The summed E-state index contributed by atoms with van der Waals surface area (Å²) in [5.74, 6) is -0.275. The Labute approximate surface area is 189 Å². The third-order valence-electron chi connectivity index (χ3n) is 6.77. The monoisotopic (exact) mass is 430 g/mol. The van der Waals surface area contributed by atoms with Gasteiger partial charge in [-0.3, -0.25) is 4.79 Å². The molecule has 3 unspecified atom stereocenters. The van der Waals surface area contributed by atoms with Gasteiger partial charge >= 0.3 is 0 Å². The molecule has 32 heavy (non-hydrogen) atoms. The van der Waals surface area contributed by atoms with E-state index in [9.17, 15) is 4.79 Å². The number of nitrogens with zero attached hydrogens (tertiary/aromatic N) is 3. The molecule has 2 saturated heterocycles. The van der Waals surface area contributed by atoms with Crippen LogP contribution in [0.2, 0.25) is 0 Å². The van der Waals surface area contributed by atoms with Crippen molar-refractivity contribution < 1.29 is 9.53 Å². The van der Waals surface area contributed by atoms with E-state index in [1.807, 2.05) is 16.9 Å². The van der Waals surface area contributed by atoms with Crippen molar-refractivity contribution in [2.24, 2.45) is 11.7 Å². The van der Waals surface area contributed by atoms with Gasteiger partial charge in [0.05, 0.1) is 12.2 Å². The number of amides is 1. The molecule has 0 saturated carbocycles. The van der Waals surface area contributed by atoms with E-state index in [1.54, 1.807) is 0 Å². The number of anilines is 1. The van der Waals surface area contributed by atoms with Crippen LogP contribution in [0.25, 0.3) is 11.1 Å². The zero-order valence-corrected chi connectivity index (χ0v) is 18.3. The number of ether oxygens (including phenoxy) is 1. The maximum absolute atomic E-state index is 11.9. The number of piperidine rings is 1. The smallest absolute Gasteiger partial charge is 0.220 e. The van der Waals surface area contributed by atoms with Gasteiger partial charge in [-0.05, 0) is 55.4 Å². The molecule has 3 heterocycles. The number of aromatic nitrogens is 2. The summed E-state index contributed by atoms with van der Waals surface area (Å²) in [4.78, 5) is 14.3. The van der Waals surface area contributed by atoms with Crippen LogP contribution in [0, 0.1) is 5.92 Å². The highest BCUT2D eigenvalue weighted by Crippen LogP contribution is 2.38. The molecule has 3 atom stereocenters. The number of hydrogen-bond acceptors (Lipinski definition) is 4. The quantitative estimate of drug-likeness (QED) is 0.637. The van der Waals surface area contributed by atoms with Crippen molar-refractivity contribution >= 4 is 11.6 Å². The van der Waals surface area contributed by atoms with E-state index in [0.29, 0.717) is 0 Å². The third-order valence-corrected chi connectivity index (χ3v) is 6.77. The second-order valence-corrected chi connectivity index (χ2v) is 8.82. The molecule has 1 amide bonds. The molecule has 6 nitrogen and oxygen atoms in total. The van der Waals surface area contributed by atoms with Crippen molar-refractivity contribution in [3.63, 3.8) is 0 Å². The highest BCUT2D eigenvalue weighted by molar-refractivity contribution is 5.77. The number of nitrogens with two attached hydrogens (primary N) is 1. The Balaban J connectivity index is 1.36. The molecule has 2 aromatic carbocycles. The number of primary amides is 1. The van der Waals surface area contributed by atoms with Crippen LogP contribution >= 0.6 is 0 Å². The SMILES string of the molecule is NC(=O)C1CCN(c2ccc(-c3cnn(C4CCCCO4)c3)cc2)C(c2ccccc2)C1. The van der Waals surface area contributed by atoms with Crippen molar-refractivity contribution in [1.82, 2.24) is 9.78 Å². The van der Waals surface area contributed by atoms with Gasteiger partial charge in [0.25, 0.3) is 0 Å². The zero-order chi connectivity index (χ0) is 21.9. The van der Waals surface area contributed by atoms with Gasteiger partial charge in [-0.2, -0.15) is 5.10 Å². The van der Waals surface area contributed by atoms with Crippen LogP contribution in [0.15, 0.2) is 67.0 Å². The minimum Gasteiger partial charge on any atom is -0.369 e. The maximum atomic E-state index is 11.9. The molecule has 2 aliphatic heterocycles. The van der Waals surface area contributed by atoms with Crippen LogP contribution in [0.5, 0.6) is 0 Å². The lowest BCUT2D eigenvalue weighted by molar-refractivity contribution is -0.122. The Morgan fingerprint density at radius 2 is 1.81 bits per heavy atom. The Hall–Kier alpha value is -3.12. The van der Waals surface area contributed by atoms with Crippen molar-refractivity contribution in [3.8, 4) is 11.1 Å². The van der Waals surface area contributed by atoms with Crippen LogP contribution in [-0.2, 0) is 9.53 Å². The molecule has 0 aliphatic carbocycles. The topological polar surface area (TPSA) is 73.4 Å². The molecule has 2 fully saturated rings. The Bertz CT molecular complexity index is 1040. The summed E-state index contributed by atoms with van der Waals surface area (Å²) in [6.45, 7) is 1.62. The highest BCUT2D eigenvalue weighted by Gasteiger charge is 2.32. The second-order valence-electron chi connectivity index (χ2n) is 8.82. The van der Waals surface area contributed by atoms with Crippen molar-refractivity contribution in [3.05, 3.63) is 72.6 Å². The summed E-state index contributed by atoms with van der Waals surface area (Å²) in [7, 11) is 0. The molecule has 2 aliphatic rings. The van der Waals surface area contributed by atoms with Crippen LogP contribution in [-0.4, -0.2) is 28.8 Å². The fourth-order valence-corrected chi connectivity index (χ4v) is 4.95. The predicted octanol–water partition coefficient (Wildman–Crippen LogP) is 4.69. The molecule has 6 heteroatoms. The average Bonchev–Trinajstić information content (AvgIpc) is 3.35. The molecular formula is C26H30N4O2. The molecule has 2 N–H and O–H groups in total. The van der Waals surface area contributed by atoms with E-state index < -0.39 is 0 Å². The molecular weight excluding hydrogens is 400 g/mol. The number of hydrogen-bond donors (Lipinski definition) is 1. The van der Waals surface area contributed by atoms with Gasteiger partial charge in [-0.15, -0.1) is 0 Å². The lowest BCUT2D eigenvalue weighted by Crippen LogP contribution is -2.41. The van der Waals surface area contributed by atoms with E-state index in [1.165, 1.54) is 12.0 Å². The Morgan fingerprint density at radius 3 is 2.53 bits per heavy atom. The number of rotatable bonds is 5. The van der Waals surface area contributed by atoms with Gasteiger partial charge in [-0.25, -0.2) is 4.68 Å². The first-order valence-corrected chi connectivity index (χ1v) is 11.6. The van der Waals surface area contributed by atoms with Crippen LogP contribution in [0.1, 0.15) is 49.9 Å². The molecule has 0 radical (unpaired) electrons. The average molecular weight is 431 g/mol. The minimum absolute atomic E-state index is 0.0509. The summed E-state index contributed by atoms with van der Waals surface area (Å²) in [6, 6.07) is 19.2. The number of carbonyl (C=O) groups is 1. The van der Waals surface area contributed by atoms with Gasteiger partial charge < -0.3 is 15.4 Å². The van der Waals surface area contributed by atoms with E-state index in [4.69, 9.17) is 10.5 Å². The molecule has 0 spiro atoms. The summed E-state index contributed by atoms with van der Waals surface area (Å²) in [5.41, 5.74) is 10.3. The summed E-state index contributed by atoms with van der Waals surface area (Å²) in [5, 5.41) is 4.54. The van der Waals surface area contributed by atoms with Gasteiger partial charge in [0, 0.05) is 36.5 Å². The molecule has 0 bridgehead atoms. The van der Waals surface area contributed by atoms with Gasteiger partial charge in [-0.1, -0.05) is 42.5 Å². The molecule has 166 valence electrons. The van der Waals surface area contributed by atoms with Gasteiger partial charge in [0.2, 0.25) is 5.91 Å². The summed E-state index contributed by atoms with van der Waals surface area (Å²) < 4.78 is 7.80. The van der Waals surface area contributed by atoms with Crippen LogP contribution < -0.4 is 10.6 Å². The predicted molar refractivity (Wildman–Crippen MR) is 125 cm³/mol. The minimum atomic E-state index is -0.195. The first kappa shape index (κ1) is 20.8. The Kier molecular flexibility index (Phi) is 5.95. The van der Waals surface area contributed by atoms with Crippen molar-refractivity contribution in [2.45, 2.75) is 44.4 Å². The normalized spacial score (nSPS) is 23.8. The van der Waals surface area contributed by atoms with Crippen molar-refractivity contribution in [2.75, 3.05) is 18.1 Å². The van der Waals surface area contributed by atoms with Gasteiger partial charge in [0.1, 0.15) is 6.23 Å². The molecule has 3 aromatic rings. The maximum Gasteiger partial charge on any atom is 0.220 e. The third kappa shape index (κ3) is 4.28. The van der Waals surface area contributed by atoms with E-state index in [2.05, 4.69) is 64.7 Å². The number of carbonyl (C=O) groups excluding carboxylic acids is 1. The molecule has 1 aromatic heterocycles. The fraction of sp³-hybridized carbons (Fsp3) is 0.385. The standard InChI is InChI=1S/C26H30N4O2/c27-26(31)21-13-14-29(24(16-21)20-6-2-1-3-7-20)23-11-9-19(10-12-23)22-17-28-30(18-22)25-8-4-5-15-32-25/h1-3,6-7,9-12,17-18,21,24-25H,4-5,8,13-16H2,(H2,27,31). The van der Waals surface area contributed by atoms with E-state index in [-0.39, 0.29) is 24.1 Å². The van der Waals surface area contributed by atoms with Gasteiger partial charge in [0.15, 0.2) is 0 Å². The van der Waals surface area contributed by atoms with Crippen LogP contribution in [0.3, 0.4) is 0 Å². The summed E-state index contributed by atoms with van der Waals surface area (Å²) in [6.07, 6.45) is 8.91. The largest absolute Gasteiger partial charge is 0.369 e. The summed E-state index contributed by atoms with van der Waals surface area (Å²) >= 11 is 0.